The summed E-state index contributed by atoms with van der Waals surface area (Å²) in [5.74, 6) is 0.471. The highest BCUT2D eigenvalue weighted by atomic mass is 16.2. The van der Waals surface area contributed by atoms with E-state index in [4.69, 9.17) is 11.5 Å². The summed E-state index contributed by atoms with van der Waals surface area (Å²) in [6.07, 6.45) is 1.06. The molecular weight excluding hydrogens is 226 g/mol. The van der Waals surface area contributed by atoms with Crippen LogP contribution in [0.25, 0.3) is 0 Å². The first-order valence-corrected chi connectivity index (χ1v) is 6.43. The number of carbonyl (C=O) groups excluding carboxylic acids is 1. The Bertz CT molecular complexity index is 418. The maximum atomic E-state index is 12.4. The third-order valence-corrected chi connectivity index (χ3v) is 3.20. The van der Waals surface area contributed by atoms with Crippen LogP contribution in [-0.2, 0) is 0 Å². The molecule has 1 aromatic rings. The van der Waals surface area contributed by atoms with Crippen molar-refractivity contribution in [3.8, 4) is 0 Å². The summed E-state index contributed by atoms with van der Waals surface area (Å²) < 4.78 is 0. The fourth-order valence-electron chi connectivity index (χ4n) is 1.81. The lowest BCUT2D eigenvalue weighted by molar-refractivity contribution is 0.0742. The maximum Gasteiger partial charge on any atom is 0.255 e. The first kappa shape index (κ1) is 14.4. The van der Waals surface area contributed by atoms with Crippen LogP contribution in [-0.4, -0.2) is 23.9 Å². The molecule has 0 heterocycles. The average molecular weight is 249 g/mol. The van der Waals surface area contributed by atoms with Crippen molar-refractivity contribution in [2.45, 2.75) is 27.2 Å². The highest BCUT2D eigenvalue weighted by Gasteiger charge is 2.18. The van der Waals surface area contributed by atoms with Gasteiger partial charge in [-0.3, -0.25) is 4.79 Å². The number of nitrogens with two attached hydrogens (primary N) is 2. The van der Waals surface area contributed by atoms with Gasteiger partial charge in [0, 0.05) is 24.5 Å². The molecule has 0 bridgehead atoms. The molecule has 1 rings (SSSR count). The SMILES string of the molecule is CCC(C)CN(CC)C(=O)c1ccc(N)cc1N. The van der Waals surface area contributed by atoms with Gasteiger partial charge < -0.3 is 16.4 Å². The van der Waals surface area contributed by atoms with Gasteiger partial charge in [0.15, 0.2) is 0 Å². The Morgan fingerprint density at radius 3 is 2.50 bits per heavy atom. The number of rotatable bonds is 5. The summed E-state index contributed by atoms with van der Waals surface area (Å²) in [5, 5.41) is 0. The molecule has 100 valence electrons. The number of hydrogen-bond donors (Lipinski definition) is 2. The van der Waals surface area contributed by atoms with Gasteiger partial charge in [-0.1, -0.05) is 20.3 Å². The minimum Gasteiger partial charge on any atom is -0.399 e. The van der Waals surface area contributed by atoms with Gasteiger partial charge in [0.2, 0.25) is 0 Å². The molecule has 0 aromatic heterocycles. The Labute approximate surface area is 109 Å². The van der Waals surface area contributed by atoms with Crippen molar-refractivity contribution in [3.63, 3.8) is 0 Å². The molecule has 1 atom stereocenters. The molecule has 4 N–H and O–H groups in total. The lowest BCUT2D eigenvalue weighted by Gasteiger charge is -2.24. The molecule has 1 amide bonds. The smallest absolute Gasteiger partial charge is 0.255 e. The number of anilines is 2. The fourth-order valence-corrected chi connectivity index (χ4v) is 1.81. The van der Waals surface area contributed by atoms with Crippen molar-refractivity contribution < 1.29 is 4.79 Å². The Kier molecular flexibility index (Phi) is 5.01. The van der Waals surface area contributed by atoms with E-state index in [1.54, 1.807) is 18.2 Å². The zero-order chi connectivity index (χ0) is 13.7. The van der Waals surface area contributed by atoms with Crippen molar-refractivity contribution in [2.24, 2.45) is 5.92 Å². The van der Waals surface area contributed by atoms with E-state index in [0.717, 1.165) is 13.0 Å². The minimum atomic E-state index is -0.0182. The van der Waals surface area contributed by atoms with Crippen LogP contribution in [0.15, 0.2) is 18.2 Å². The molecule has 0 aliphatic heterocycles. The molecule has 4 nitrogen and oxygen atoms in total. The fraction of sp³-hybridized carbons (Fsp3) is 0.500. The topological polar surface area (TPSA) is 72.3 Å². The van der Waals surface area contributed by atoms with E-state index in [-0.39, 0.29) is 5.91 Å². The second-order valence-electron chi connectivity index (χ2n) is 4.70. The number of benzene rings is 1. The van der Waals surface area contributed by atoms with E-state index >= 15 is 0 Å². The zero-order valence-electron chi connectivity index (χ0n) is 11.4. The molecule has 0 aliphatic rings. The highest BCUT2D eigenvalue weighted by molar-refractivity contribution is 5.99. The van der Waals surface area contributed by atoms with Gasteiger partial charge in [-0.25, -0.2) is 0 Å². The van der Waals surface area contributed by atoms with Gasteiger partial charge in [-0.2, -0.15) is 0 Å². The molecule has 0 fully saturated rings. The Balaban J connectivity index is 2.89. The first-order valence-electron chi connectivity index (χ1n) is 6.43. The van der Waals surface area contributed by atoms with Crippen molar-refractivity contribution in [1.29, 1.82) is 0 Å². The molecule has 0 aliphatic carbocycles. The van der Waals surface area contributed by atoms with E-state index in [9.17, 15) is 4.79 Å². The molecule has 18 heavy (non-hydrogen) atoms. The molecule has 1 aromatic carbocycles. The summed E-state index contributed by atoms with van der Waals surface area (Å²) in [6.45, 7) is 7.69. The van der Waals surface area contributed by atoms with Gasteiger partial charge in [-0.15, -0.1) is 0 Å². The Morgan fingerprint density at radius 1 is 1.33 bits per heavy atom. The lowest BCUT2D eigenvalue weighted by atomic mass is 10.1. The normalized spacial score (nSPS) is 12.2. The monoisotopic (exact) mass is 249 g/mol. The van der Waals surface area contributed by atoms with Crippen molar-refractivity contribution in [1.82, 2.24) is 4.90 Å². The quantitative estimate of drug-likeness (QED) is 0.787. The van der Waals surface area contributed by atoms with Crippen LogP contribution in [0.4, 0.5) is 11.4 Å². The van der Waals surface area contributed by atoms with Crippen LogP contribution >= 0.6 is 0 Å². The standard InChI is InChI=1S/C14H23N3O/c1-4-10(3)9-17(5-2)14(18)12-7-6-11(15)8-13(12)16/h6-8,10H,4-5,9,15-16H2,1-3H3. The summed E-state index contributed by atoms with van der Waals surface area (Å²) in [5.41, 5.74) is 13.0. The largest absolute Gasteiger partial charge is 0.399 e. The van der Waals surface area contributed by atoms with E-state index in [0.29, 0.717) is 29.4 Å². The molecule has 0 spiro atoms. The Morgan fingerprint density at radius 2 is 2.00 bits per heavy atom. The molecule has 0 radical (unpaired) electrons. The third kappa shape index (κ3) is 3.39. The number of nitrogens with zero attached hydrogens (tertiary/aromatic N) is 1. The number of nitrogen functional groups attached to an aromatic ring is 2. The van der Waals surface area contributed by atoms with Crippen LogP contribution in [0.2, 0.25) is 0 Å². The van der Waals surface area contributed by atoms with E-state index < -0.39 is 0 Å². The first-order chi connectivity index (χ1) is 8.49. The summed E-state index contributed by atoms with van der Waals surface area (Å²) in [7, 11) is 0. The van der Waals surface area contributed by atoms with Crippen LogP contribution in [0.1, 0.15) is 37.6 Å². The summed E-state index contributed by atoms with van der Waals surface area (Å²) in [6, 6.07) is 5.04. The summed E-state index contributed by atoms with van der Waals surface area (Å²) >= 11 is 0. The van der Waals surface area contributed by atoms with Crippen molar-refractivity contribution in [2.75, 3.05) is 24.6 Å². The molecular formula is C14H23N3O. The van der Waals surface area contributed by atoms with Gasteiger partial charge >= 0.3 is 0 Å². The minimum absolute atomic E-state index is 0.0182. The lowest BCUT2D eigenvalue weighted by Crippen LogP contribution is -2.34. The average Bonchev–Trinajstić information content (AvgIpc) is 2.34. The van der Waals surface area contributed by atoms with Gasteiger partial charge in [0.1, 0.15) is 0 Å². The number of amides is 1. The molecule has 0 saturated carbocycles. The van der Waals surface area contributed by atoms with Crippen LogP contribution in [0.3, 0.4) is 0 Å². The van der Waals surface area contributed by atoms with E-state index in [1.807, 2.05) is 11.8 Å². The highest BCUT2D eigenvalue weighted by Crippen LogP contribution is 2.18. The Hall–Kier alpha value is -1.71. The third-order valence-electron chi connectivity index (χ3n) is 3.20. The van der Waals surface area contributed by atoms with Crippen molar-refractivity contribution in [3.05, 3.63) is 23.8 Å². The van der Waals surface area contributed by atoms with E-state index in [1.165, 1.54) is 0 Å². The van der Waals surface area contributed by atoms with Crippen LogP contribution in [0, 0.1) is 5.92 Å². The molecule has 4 heteroatoms. The van der Waals surface area contributed by atoms with Gasteiger partial charge in [0.05, 0.1) is 5.56 Å². The number of carbonyl (C=O) groups is 1. The zero-order valence-corrected chi connectivity index (χ0v) is 11.4. The predicted molar refractivity (Wildman–Crippen MR) is 76.3 cm³/mol. The molecule has 1 unspecified atom stereocenters. The predicted octanol–water partition coefficient (Wildman–Crippen LogP) is 2.36. The second-order valence-corrected chi connectivity index (χ2v) is 4.70. The number of hydrogen-bond acceptors (Lipinski definition) is 3. The van der Waals surface area contributed by atoms with Crippen LogP contribution < -0.4 is 11.5 Å². The summed E-state index contributed by atoms with van der Waals surface area (Å²) in [4.78, 5) is 14.2. The second kappa shape index (κ2) is 6.28. The van der Waals surface area contributed by atoms with Gasteiger partial charge in [-0.05, 0) is 31.0 Å². The van der Waals surface area contributed by atoms with E-state index in [2.05, 4.69) is 13.8 Å². The molecule has 0 saturated heterocycles. The van der Waals surface area contributed by atoms with Crippen LogP contribution in [0.5, 0.6) is 0 Å². The van der Waals surface area contributed by atoms with Crippen molar-refractivity contribution >= 4 is 17.3 Å². The van der Waals surface area contributed by atoms with Gasteiger partial charge in [0.25, 0.3) is 5.91 Å². The maximum absolute atomic E-state index is 12.4.